The van der Waals surface area contributed by atoms with E-state index in [0.717, 1.165) is 0 Å². The number of furan rings is 1. The lowest BCUT2D eigenvalue weighted by molar-refractivity contribution is -0.144. The first-order chi connectivity index (χ1) is 12.4. The number of hydrogen-bond donors (Lipinski definition) is 3. The molecule has 138 valence electrons. The molecule has 0 aliphatic heterocycles. The lowest BCUT2D eigenvalue weighted by Gasteiger charge is -2.08. The van der Waals surface area contributed by atoms with E-state index in [9.17, 15) is 13.2 Å². The van der Waals surface area contributed by atoms with E-state index < -0.39 is 12.0 Å². The van der Waals surface area contributed by atoms with E-state index >= 15 is 0 Å². The second kappa shape index (κ2) is 7.25. The van der Waals surface area contributed by atoms with E-state index in [-0.39, 0.29) is 23.9 Å². The lowest BCUT2D eigenvalue weighted by atomic mass is 10.4. The van der Waals surface area contributed by atoms with Gasteiger partial charge in [-0.3, -0.25) is 10.4 Å². The maximum Gasteiger partial charge on any atom is 0.451 e. The van der Waals surface area contributed by atoms with Gasteiger partial charge in [0.05, 0.1) is 19.4 Å². The summed E-state index contributed by atoms with van der Waals surface area (Å²) in [5.41, 5.74) is 0. The van der Waals surface area contributed by atoms with E-state index in [0.29, 0.717) is 18.9 Å². The third-order valence-electron chi connectivity index (χ3n) is 2.87. The molecule has 3 N–H and O–H groups in total. The molecule has 0 aliphatic rings. The molecule has 26 heavy (non-hydrogen) atoms. The van der Waals surface area contributed by atoms with Crippen LogP contribution in [0.4, 0.5) is 31.0 Å². The van der Waals surface area contributed by atoms with Gasteiger partial charge in [-0.1, -0.05) is 0 Å². The van der Waals surface area contributed by atoms with Gasteiger partial charge in [-0.2, -0.15) is 33.1 Å². The molecule has 0 saturated heterocycles. The molecule has 0 amide bonds. The molecule has 0 fully saturated rings. The molecule has 10 nitrogen and oxygen atoms in total. The van der Waals surface area contributed by atoms with Gasteiger partial charge in [0.2, 0.25) is 23.7 Å². The van der Waals surface area contributed by atoms with E-state index in [1.54, 1.807) is 24.2 Å². The maximum absolute atomic E-state index is 12.6. The maximum atomic E-state index is 12.6. The van der Waals surface area contributed by atoms with Crippen LogP contribution in [-0.4, -0.2) is 36.7 Å². The van der Waals surface area contributed by atoms with Gasteiger partial charge in [-0.05, 0) is 19.1 Å². The van der Waals surface area contributed by atoms with E-state index in [4.69, 9.17) is 9.15 Å². The molecule has 0 atom stereocenters. The van der Waals surface area contributed by atoms with Crippen LogP contribution in [0.5, 0.6) is 6.01 Å². The van der Waals surface area contributed by atoms with Crippen molar-refractivity contribution in [2.75, 3.05) is 17.2 Å². The fraction of sp³-hybridized carbons (Fsp3) is 0.308. The summed E-state index contributed by atoms with van der Waals surface area (Å²) in [6.07, 6.45) is -3.12. The minimum atomic E-state index is -4.64. The average molecular weight is 370 g/mol. The van der Waals surface area contributed by atoms with Crippen LogP contribution >= 0.6 is 0 Å². The molecule has 3 aromatic heterocycles. The summed E-state index contributed by atoms with van der Waals surface area (Å²) in [5.74, 6) is -0.896. The van der Waals surface area contributed by atoms with Gasteiger partial charge in [-0.15, -0.1) is 5.10 Å². The summed E-state index contributed by atoms with van der Waals surface area (Å²) in [5, 5.41) is 10.6. The Morgan fingerprint density at radius 2 is 1.96 bits per heavy atom. The first-order valence-corrected chi connectivity index (χ1v) is 7.36. The number of rotatable bonds is 7. The van der Waals surface area contributed by atoms with Crippen LogP contribution in [0.15, 0.2) is 22.8 Å². The normalized spacial score (nSPS) is 11.4. The highest BCUT2D eigenvalue weighted by Crippen LogP contribution is 2.26. The number of aromatic amines is 1. The number of hydrogen-bond acceptors (Lipinski definition) is 9. The highest BCUT2D eigenvalue weighted by molar-refractivity contribution is 5.45. The zero-order valence-electron chi connectivity index (χ0n) is 13.3. The zero-order valence-corrected chi connectivity index (χ0v) is 13.3. The highest BCUT2D eigenvalue weighted by atomic mass is 19.4. The van der Waals surface area contributed by atoms with Crippen LogP contribution in [-0.2, 0) is 12.7 Å². The predicted molar refractivity (Wildman–Crippen MR) is 81.7 cm³/mol. The smallest absolute Gasteiger partial charge is 0.451 e. The van der Waals surface area contributed by atoms with Crippen LogP contribution < -0.4 is 15.4 Å². The van der Waals surface area contributed by atoms with Crippen LogP contribution in [0.2, 0.25) is 0 Å². The van der Waals surface area contributed by atoms with Crippen molar-refractivity contribution in [2.45, 2.75) is 19.6 Å². The first kappa shape index (κ1) is 17.4. The second-order valence-electron chi connectivity index (χ2n) is 4.76. The Morgan fingerprint density at radius 1 is 1.15 bits per heavy atom. The monoisotopic (exact) mass is 370 g/mol. The van der Waals surface area contributed by atoms with Crippen molar-refractivity contribution in [1.29, 1.82) is 0 Å². The Morgan fingerprint density at radius 3 is 2.62 bits per heavy atom. The summed E-state index contributed by atoms with van der Waals surface area (Å²) >= 11 is 0. The van der Waals surface area contributed by atoms with Crippen LogP contribution in [0.1, 0.15) is 18.5 Å². The van der Waals surface area contributed by atoms with Crippen LogP contribution in [0, 0.1) is 0 Å². The summed E-state index contributed by atoms with van der Waals surface area (Å²) in [6, 6.07) is 3.46. The molecule has 0 unspecified atom stereocenters. The zero-order chi connectivity index (χ0) is 18.6. The molecule has 3 heterocycles. The number of nitrogens with zero attached hydrogens (tertiary/aromatic N) is 5. The van der Waals surface area contributed by atoms with Crippen molar-refractivity contribution in [3.63, 3.8) is 0 Å². The van der Waals surface area contributed by atoms with Crippen LogP contribution in [0.25, 0.3) is 0 Å². The van der Waals surface area contributed by atoms with Gasteiger partial charge in [0.1, 0.15) is 5.76 Å². The first-order valence-electron chi connectivity index (χ1n) is 7.36. The minimum Gasteiger partial charge on any atom is -0.467 e. The molecule has 3 rings (SSSR count). The van der Waals surface area contributed by atoms with Crippen molar-refractivity contribution in [2.24, 2.45) is 0 Å². The standard InChI is InChI=1S/C13H13F3N8O2/c1-2-25-12-21-9(17-6-7-4-3-5-26-7)19-10(22-12)20-11-18-8(23-24-11)13(14,15)16/h3-5H,2,6H2,1H3,(H3,17,18,19,20,21,22,23,24). The molecular formula is C13H13F3N8O2. The summed E-state index contributed by atoms with van der Waals surface area (Å²) in [7, 11) is 0. The molecular weight excluding hydrogens is 357 g/mol. The number of halogens is 3. The number of anilines is 3. The van der Waals surface area contributed by atoms with Crippen molar-refractivity contribution >= 4 is 17.8 Å². The molecule has 0 bridgehead atoms. The number of H-pyrrole nitrogens is 1. The van der Waals surface area contributed by atoms with Crippen molar-refractivity contribution in [1.82, 2.24) is 30.1 Å². The Labute approximate surface area is 144 Å². The van der Waals surface area contributed by atoms with E-state index in [2.05, 4.69) is 35.7 Å². The lowest BCUT2D eigenvalue weighted by Crippen LogP contribution is -2.10. The molecule has 13 heteroatoms. The topological polar surface area (TPSA) is 127 Å². The fourth-order valence-electron chi connectivity index (χ4n) is 1.81. The van der Waals surface area contributed by atoms with Crippen molar-refractivity contribution in [3.05, 3.63) is 30.0 Å². The number of alkyl halides is 3. The number of nitrogens with one attached hydrogen (secondary N) is 3. The van der Waals surface area contributed by atoms with Gasteiger partial charge in [0.15, 0.2) is 0 Å². The Hall–Kier alpha value is -3.38. The second-order valence-corrected chi connectivity index (χ2v) is 4.76. The molecule has 0 saturated carbocycles. The largest absolute Gasteiger partial charge is 0.467 e. The minimum absolute atomic E-state index is 0.0153. The molecule has 0 radical (unpaired) electrons. The summed E-state index contributed by atoms with van der Waals surface area (Å²) in [6.45, 7) is 2.32. The Balaban J connectivity index is 1.77. The van der Waals surface area contributed by atoms with Gasteiger partial charge >= 0.3 is 12.2 Å². The van der Waals surface area contributed by atoms with Gasteiger partial charge in [-0.25, -0.2) is 0 Å². The molecule has 0 aromatic carbocycles. The Kier molecular flexibility index (Phi) is 4.86. The molecule has 0 spiro atoms. The van der Waals surface area contributed by atoms with E-state index in [1.165, 1.54) is 6.26 Å². The molecule has 3 aromatic rings. The van der Waals surface area contributed by atoms with Crippen molar-refractivity contribution in [3.8, 4) is 6.01 Å². The third kappa shape index (κ3) is 4.37. The van der Waals surface area contributed by atoms with Gasteiger partial charge in [0, 0.05) is 0 Å². The average Bonchev–Trinajstić information content (AvgIpc) is 3.24. The van der Waals surface area contributed by atoms with Crippen LogP contribution in [0.3, 0.4) is 0 Å². The molecule has 0 aliphatic carbocycles. The predicted octanol–water partition coefficient (Wildman–Crippen LogP) is 2.36. The van der Waals surface area contributed by atoms with E-state index in [1.807, 2.05) is 0 Å². The summed E-state index contributed by atoms with van der Waals surface area (Å²) in [4.78, 5) is 15.3. The number of aromatic nitrogens is 6. The SMILES string of the molecule is CCOc1nc(NCc2ccco2)nc(Nc2n[nH]c(C(F)(F)F)n2)n1. The summed E-state index contributed by atoms with van der Waals surface area (Å²) < 4.78 is 48.1. The third-order valence-corrected chi connectivity index (χ3v) is 2.87. The quantitative estimate of drug-likeness (QED) is 0.574. The Bertz CT molecular complexity index is 849. The van der Waals surface area contributed by atoms with Crippen molar-refractivity contribution < 1.29 is 22.3 Å². The van der Waals surface area contributed by atoms with Gasteiger partial charge in [0.25, 0.3) is 0 Å². The van der Waals surface area contributed by atoms with Gasteiger partial charge < -0.3 is 14.5 Å². The highest BCUT2D eigenvalue weighted by Gasteiger charge is 2.35. The fourth-order valence-corrected chi connectivity index (χ4v) is 1.81. The number of ether oxygens (including phenoxy) is 1.